The van der Waals surface area contributed by atoms with Crippen molar-refractivity contribution in [3.8, 4) is 21.8 Å². The molecule has 0 aliphatic rings. The molecule has 0 aliphatic carbocycles. The van der Waals surface area contributed by atoms with E-state index in [1.54, 1.807) is 13.1 Å². The summed E-state index contributed by atoms with van der Waals surface area (Å²) in [6, 6.07) is 9.79. The van der Waals surface area contributed by atoms with Crippen molar-refractivity contribution in [1.29, 1.82) is 0 Å². The van der Waals surface area contributed by atoms with Crippen LogP contribution in [0.2, 0.25) is 0 Å². The molecular weight excluding hydrogens is 434 g/mol. The molecule has 3 aromatic heterocycles. The first kappa shape index (κ1) is 21.3. The highest BCUT2D eigenvalue weighted by molar-refractivity contribution is 7.93. The molecular formula is C22H23N3O2S3. The van der Waals surface area contributed by atoms with Gasteiger partial charge in [0.1, 0.15) is 27.0 Å². The minimum Gasteiger partial charge on any atom is -0.611 e. The Morgan fingerprint density at radius 2 is 2.03 bits per heavy atom. The van der Waals surface area contributed by atoms with E-state index in [1.165, 1.54) is 22.7 Å². The summed E-state index contributed by atoms with van der Waals surface area (Å²) in [6.07, 6.45) is 3.12. The second kappa shape index (κ2) is 9.03. The van der Waals surface area contributed by atoms with Crippen LogP contribution < -0.4 is 5.73 Å². The molecule has 3 N–H and O–H groups in total. The van der Waals surface area contributed by atoms with Crippen molar-refractivity contribution < 1.29 is 9.66 Å². The van der Waals surface area contributed by atoms with E-state index in [-0.39, 0.29) is 0 Å². The highest BCUT2D eigenvalue weighted by Crippen LogP contribution is 2.43. The molecule has 0 aliphatic heterocycles. The maximum Gasteiger partial charge on any atom is 0.232 e. The van der Waals surface area contributed by atoms with E-state index >= 15 is 0 Å². The lowest BCUT2D eigenvalue weighted by Gasteiger charge is -2.10. The summed E-state index contributed by atoms with van der Waals surface area (Å²) < 4.78 is 13.5. The van der Waals surface area contributed by atoms with Crippen molar-refractivity contribution in [1.82, 2.24) is 9.97 Å². The molecule has 0 saturated carbocycles. The Kier molecular flexibility index (Phi) is 6.40. The van der Waals surface area contributed by atoms with Crippen molar-refractivity contribution in [2.75, 3.05) is 11.5 Å². The number of pyridine rings is 1. The highest BCUT2D eigenvalue weighted by Gasteiger charge is 2.25. The molecule has 4 aromatic rings. The Labute approximate surface area is 186 Å². The molecule has 156 valence electrons. The lowest BCUT2D eigenvalue weighted by atomic mass is 9.99. The van der Waals surface area contributed by atoms with Gasteiger partial charge in [-0.1, -0.05) is 48.9 Å². The van der Waals surface area contributed by atoms with Crippen molar-refractivity contribution >= 4 is 49.8 Å². The Balaban J connectivity index is 1.90. The second-order valence-electron chi connectivity index (χ2n) is 7.08. The number of unbranched alkanes of at least 4 members (excludes halogenated alkanes) is 1. The van der Waals surface area contributed by atoms with Gasteiger partial charge in [-0.3, -0.25) is 0 Å². The number of hydrogen-bond acceptors (Lipinski definition) is 7. The molecule has 1 aromatic carbocycles. The molecule has 30 heavy (non-hydrogen) atoms. The summed E-state index contributed by atoms with van der Waals surface area (Å²) >= 11 is 1.80. The van der Waals surface area contributed by atoms with Crippen molar-refractivity contribution in [2.24, 2.45) is 0 Å². The number of aliphatic hydroxyl groups excluding tert-OH is 1. The fourth-order valence-corrected chi connectivity index (χ4v) is 6.66. The summed E-state index contributed by atoms with van der Waals surface area (Å²) in [6.45, 7) is 3.83. The van der Waals surface area contributed by atoms with E-state index in [1.807, 2.05) is 35.7 Å². The molecule has 0 fully saturated rings. The molecule has 0 radical (unpaired) electrons. The van der Waals surface area contributed by atoms with Gasteiger partial charge in [-0.05, 0) is 47.3 Å². The summed E-state index contributed by atoms with van der Waals surface area (Å²) in [5, 5.41) is 13.4. The van der Waals surface area contributed by atoms with E-state index < -0.39 is 17.3 Å². The van der Waals surface area contributed by atoms with Crippen LogP contribution in [0.5, 0.6) is 0 Å². The first-order valence-electron chi connectivity index (χ1n) is 9.79. The van der Waals surface area contributed by atoms with Gasteiger partial charge in [0.15, 0.2) is 0 Å². The van der Waals surface area contributed by atoms with Gasteiger partial charge in [-0.2, -0.15) is 0 Å². The molecule has 5 nitrogen and oxygen atoms in total. The van der Waals surface area contributed by atoms with Crippen LogP contribution >= 0.6 is 22.7 Å². The maximum absolute atomic E-state index is 12.9. The number of rotatable bonds is 7. The zero-order valence-corrected chi connectivity index (χ0v) is 19.2. The van der Waals surface area contributed by atoms with Crippen LogP contribution in [0, 0.1) is 0 Å². The third-order valence-corrected chi connectivity index (χ3v) is 8.70. The van der Waals surface area contributed by atoms with Crippen LogP contribution in [0.25, 0.3) is 32.0 Å². The van der Waals surface area contributed by atoms with Crippen molar-refractivity contribution in [3.05, 3.63) is 47.5 Å². The van der Waals surface area contributed by atoms with Crippen LogP contribution in [0.4, 0.5) is 5.69 Å². The molecule has 2 atom stereocenters. The van der Waals surface area contributed by atoms with Gasteiger partial charge in [0.25, 0.3) is 0 Å². The number of thiophene rings is 1. The minimum atomic E-state index is -1.14. The van der Waals surface area contributed by atoms with E-state index in [9.17, 15) is 9.66 Å². The summed E-state index contributed by atoms with van der Waals surface area (Å²) in [7, 11) is 0. The summed E-state index contributed by atoms with van der Waals surface area (Å²) in [5.74, 6) is 0.602. The second-order valence-corrected chi connectivity index (χ2v) is 10.7. The van der Waals surface area contributed by atoms with Crippen LogP contribution in [0.1, 0.15) is 38.4 Å². The number of nitrogens with two attached hydrogens (primary N) is 1. The number of nitrogens with zero attached hydrogens (tertiary/aromatic N) is 2. The molecule has 0 bridgehead atoms. The van der Waals surface area contributed by atoms with Gasteiger partial charge >= 0.3 is 0 Å². The molecule has 8 heteroatoms. The first-order valence-corrected chi connectivity index (χ1v) is 12.8. The van der Waals surface area contributed by atoms with Crippen LogP contribution in [-0.4, -0.2) is 25.4 Å². The SMILES string of the molecule is CCCC[S+]([O-])c1sc2nc(-c3nccs3)cc(-c3ccc(C(C)O)cc3)c2c1N. The third kappa shape index (κ3) is 4.10. The lowest BCUT2D eigenvalue weighted by Crippen LogP contribution is -2.06. The zero-order chi connectivity index (χ0) is 21.3. The number of fused-ring (bicyclic) bond motifs is 1. The lowest BCUT2D eigenvalue weighted by molar-refractivity contribution is 0.199. The average Bonchev–Trinajstić information content (AvgIpc) is 3.40. The Bertz CT molecular complexity index is 1140. The fraction of sp³-hybridized carbons (Fsp3) is 0.273. The quantitative estimate of drug-likeness (QED) is 0.351. The van der Waals surface area contributed by atoms with E-state index in [4.69, 9.17) is 10.7 Å². The van der Waals surface area contributed by atoms with Gasteiger partial charge in [0.05, 0.1) is 6.10 Å². The molecule has 0 amide bonds. The molecule has 0 saturated heterocycles. The fourth-order valence-electron chi connectivity index (χ4n) is 3.27. The molecule has 3 heterocycles. The van der Waals surface area contributed by atoms with Crippen LogP contribution in [0.3, 0.4) is 0 Å². The Morgan fingerprint density at radius 3 is 2.67 bits per heavy atom. The van der Waals surface area contributed by atoms with Gasteiger partial charge in [0, 0.05) is 17.0 Å². The molecule has 0 spiro atoms. The smallest absolute Gasteiger partial charge is 0.232 e. The molecule has 4 rings (SSSR count). The predicted octanol–water partition coefficient (Wildman–Crippen LogP) is 5.63. The van der Waals surface area contributed by atoms with Gasteiger partial charge in [-0.15, -0.1) is 11.3 Å². The van der Waals surface area contributed by atoms with E-state index in [0.29, 0.717) is 15.6 Å². The number of aromatic nitrogens is 2. The van der Waals surface area contributed by atoms with Crippen molar-refractivity contribution in [2.45, 2.75) is 37.0 Å². The predicted molar refractivity (Wildman–Crippen MR) is 127 cm³/mol. The number of nitrogen functional groups attached to an aromatic ring is 1. The largest absolute Gasteiger partial charge is 0.611 e. The monoisotopic (exact) mass is 457 g/mol. The van der Waals surface area contributed by atoms with Crippen LogP contribution in [0.15, 0.2) is 46.1 Å². The normalized spacial score (nSPS) is 13.6. The number of hydrogen-bond donors (Lipinski definition) is 2. The maximum atomic E-state index is 12.9. The highest BCUT2D eigenvalue weighted by atomic mass is 32.2. The number of aliphatic hydroxyl groups is 1. The first-order chi connectivity index (χ1) is 14.5. The zero-order valence-electron chi connectivity index (χ0n) is 16.8. The minimum absolute atomic E-state index is 0.527. The van der Waals surface area contributed by atoms with Gasteiger partial charge < -0.3 is 15.4 Å². The summed E-state index contributed by atoms with van der Waals surface area (Å²) in [5.41, 5.74) is 10.6. The summed E-state index contributed by atoms with van der Waals surface area (Å²) in [4.78, 5) is 9.99. The Morgan fingerprint density at radius 1 is 1.27 bits per heavy atom. The topological polar surface area (TPSA) is 95.1 Å². The third-order valence-electron chi connectivity index (χ3n) is 4.91. The standard InChI is InChI=1S/C22H23N3O2S3/c1-3-4-11-30(27)22-19(23)18-16(15-7-5-14(6-8-15)13(2)26)12-17(25-21(18)29-22)20-24-9-10-28-20/h5-10,12-13,26H,3-4,11,23H2,1-2H3. The van der Waals surface area contributed by atoms with Gasteiger partial charge in [-0.25, -0.2) is 9.97 Å². The van der Waals surface area contributed by atoms with E-state index in [2.05, 4.69) is 11.9 Å². The van der Waals surface area contributed by atoms with Crippen molar-refractivity contribution in [3.63, 3.8) is 0 Å². The number of thiazole rings is 1. The van der Waals surface area contributed by atoms with E-state index in [0.717, 1.165) is 50.5 Å². The molecule has 2 unspecified atom stereocenters. The number of benzene rings is 1. The van der Waals surface area contributed by atoms with Gasteiger partial charge in [0.2, 0.25) is 4.21 Å². The number of anilines is 1. The average molecular weight is 458 g/mol. The van der Waals surface area contributed by atoms with Crippen LogP contribution in [-0.2, 0) is 11.2 Å². The Hall–Kier alpha value is -1.97.